The van der Waals surface area contributed by atoms with Gasteiger partial charge in [-0.1, -0.05) is 24.3 Å². The number of nitro benzene ring substituents is 1. The van der Waals surface area contributed by atoms with Crippen molar-refractivity contribution in [3.63, 3.8) is 0 Å². The van der Waals surface area contributed by atoms with Gasteiger partial charge in [-0.15, -0.1) is 0 Å². The Morgan fingerprint density at radius 1 is 1.27 bits per heavy atom. The average molecular weight is 354 g/mol. The van der Waals surface area contributed by atoms with Gasteiger partial charge in [0.15, 0.2) is 12.3 Å². The number of para-hydroxylation sites is 1. The first-order valence-corrected chi connectivity index (χ1v) is 7.61. The highest BCUT2D eigenvalue weighted by Crippen LogP contribution is 2.25. The van der Waals surface area contributed by atoms with Gasteiger partial charge in [-0.05, 0) is 24.6 Å². The van der Waals surface area contributed by atoms with Gasteiger partial charge >= 0.3 is 5.97 Å². The maximum atomic E-state index is 12.1. The number of hydrogen-bond acceptors (Lipinski definition) is 6. The van der Waals surface area contributed by atoms with Gasteiger partial charge in [-0.3, -0.25) is 20.0 Å². The van der Waals surface area contributed by atoms with Crippen LogP contribution in [0.1, 0.15) is 16.1 Å². The van der Waals surface area contributed by atoms with Gasteiger partial charge in [0.1, 0.15) is 5.69 Å². The Morgan fingerprint density at radius 3 is 2.81 bits per heavy atom. The molecule has 0 atom stereocenters. The fourth-order valence-corrected chi connectivity index (χ4v) is 2.40. The van der Waals surface area contributed by atoms with E-state index in [1.54, 1.807) is 37.3 Å². The Morgan fingerprint density at radius 2 is 2.04 bits per heavy atom. The van der Waals surface area contributed by atoms with Crippen LogP contribution in [-0.4, -0.2) is 33.6 Å². The van der Waals surface area contributed by atoms with E-state index in [4.69, 9.17) is 4.74 Å². The predicted molar refractivity (Wildman–Crippen MR) is 92.8 cm³/mol. The summed E-state index contributed by atoms with van der Waals surface area (Å²) < 4.78 is 4.95. The van der Waals surface area contributed by atoms with E-state index in [0.717, 1.165) is 0 Å². The normalized spacial score (nSPS) is 10.5. The molecule has 26 heavy (non-hydrogen) atoms. The standard InChI is InChI=1S/C17H14N4O5/c1-10-6-7-13(14(8-10)21(24)25)18-15(22)9-26-17(23)16-11-4-2-3-5-12(11)19-20-16/h2-8H,9H2,1H3,(H,18,22)(H,19,20). The predicted octanol–water partition coefficient (Wildman–Crippen LogP) is 2.58. The lowest BCUT2D eigenvalue weighted by molar-refractivity contribution is -0.384. The molecule has 9 heteroatoms. The Kier molecular flexibility index (Phi) is 4.61. The van der Waals surface area contributed by atoms with E-state index in [0.29, 0.717) is 16.5 Å². The lowest BCUT2D eigenvalue weighted by Crippen LogP contribution is -2.21. The van der Waals surface area contributed by atoms with Crippen molar-refractivity contribution in [1.29, 1.82) is 0 Å². The van der Waals surface area contributed by atoms with Crippen molar-refractivity contribution in [1.82, 2.24) is 10.2 Å². The number of amides is 1. The molecule has 3 rings (SSSR count). The molecule has 2 N–H and O–H groups in total. The molecule has 9 nitrogen and oxygen atoms in total. The average Bonchev–Trinajstić information content (AvgIpc) is 3.05. The summed E-state index contributed by atoms with van der Waals surface area (Å²) in [6, 6.07) is 11.4. The smallest absolute Gasteiger partial charge is 0.359 e. The summed E-state index contributed by atoms with van der Waals surface area (Å²) in [6.45, 7) is 1.11. The largest absolute Gasteiger partial charge is 0.451 e. The van der Waals surface area contributed by atoms with E-state index in [2.05, 4.69) is 15.5 Å². The quantitative estimate of drug-likeness (QED) is 0.412. The van der Waals surface area contributed by atoms with E-state index >= 15 is 0 Å². The summed E-state index contributed by atoms with van der Waals surface area (Å²) in [5.74, 6) is -1.46. The second kappa shape index (κ2) is 7.01. The van der Waals surface area contributed by atoms with Crippen LogP contribution in [0.4, 0.5) is 11.4 Å². The molecule has 0 aliphatic carbocycles. The number of nitrogens with one attached hydrogen (secondary N) is 2. The third-order valence-corrected chi connectivity index (χ3v) is 3.62. The molecule has 1 aromatic heterocycles. The number of aromatic nitrogens is 2. The number of anilines is 1. The van der Waals surface area contributed by atoms with Crippen LogP contribution in [0, 0.1) is 17.0 Å². The molecular weight excluding hydrogens is 340 g/mol. The SMILES string of the molecule is Cc1ccc(NC(=O)COC(=O)c2n[nH]c3ccccc23)c([N+](=O)[O-])c1. The minimum Gasteiger partial charge on any atom is -0.451 e. The first-order valence-electron chi connectivity index (χ1n) is 7.61. The maximum Gasteiger partial charge on any atom is 0.359 e. The van der Waals surface area contributed by atoms with Gasteiger partial charge in [0, 0.05) is 11.5 Å². The van der Waals surface area contributed by atoms with Gasteiger partial charge in [0.05, 0.1) is 10.4 Å². The van der Waals surface area contributed by atoms with E-state index in [1.165, 1.54) is 12.1 Å². The van der Waals surface area contributed by atoms with Gasteiger partial charge in [0.2, 0.25) is 0 Å². The van der Waals surface area contributed by atoms with E-state index < -0.39 is 23.4 Å². The van der Waals surface area contributed by atoms with Gasteiger partial charge in [-0.25, -0.2) is 4.79 Å². The molecule has 0 aliphatic heterocycles. The Balaban J connectivity index is 1.66. The number of carbonyl (C=O) groups excluding carboxylic acids is 2. The Labute approximate surface area is 147 Å². The minimum atomic E-state index is -0.768. The van der Waals surface area contributed by atoms with Crippen LogP contribution in [0.25, 0.3) is 10.9 Å². The van der Waals surface area contributed by atoms with Crippen LogP contribution in [0.15, 0.2) is 42.5 Å². The first kappa shape index (κ1) is 17.1. The zero-order chi connectivity index (χ0) is 18.7. The molecule has 2 aromatic carbocycles. The third-order valence-electron chi connectivity index (χ3n) is 3.62. The summed E-state index contributed by atoms with van der Waals surface area (Å²) in [7, 11) is 0. The van der Waals surface area contributed by atoms with Crippen LogP contribution in [0.2, 0.25) is 0 Å². The van der Waals surface area contributed by atoms with Crippen LogP contribution < -0.4 is 5.32 Å². The second-order valence-corrected chi connectivity index (χ2v) is 5.52. The summed E-state index contributed by atoms with van der Waals surface area (Å²) in [5.41, 5.74) is 1.22. The molecule has 0 spiro atoms. The molecule has 0 saturated carbocycles. The monoisotopic (exact) mass is 354 g/mol. The number of aryl methyl sites for hydroxylation is 1. The van der Waals surface area contributed by atoms with Crippen LogP contribution in [0.3, 0.4) is 0 Å². The van der Waals surface area contributed by atoms with Crippen molar-refractivity contribution >= 4 is 34.2 Å². The topological polar surface area (TPSA) is 127 Å². The number of ether oxygens (including phenoxy) is 1. The summed E-state index contributed by atoms with van der Waals surface area (Å²) >= 11 is 0. The second-order valence-electron chi connectivity index (χ2n) is 5.52. The summed E-state index contributed by atoms with van der Waals surface area (Å²) in [4.78, 5) is 34.5. The molecule has 0 aliphatic rings. The van der Waals surface area contributed by atoms with Crippen molar-refractivity contribution in [2.45, 2.75) is 6.92 Å². The van der Waals surface area contributed by atoms with Gasteiger partial charge in [-0.2, -0.15) is 5.10 Å². The fourth-order valence-electron chi connectivity index (χ4n) is 2.40. The highest BCUT2D eigenvalue weighted by Gasteiger charge is 2.19. The van der Waals surface area contributed by atoms with E-state index in [-0.39, 0.29) is 17.1 Å². The highest BCUT2D eigenvalue weighted by atomic mass is 16.6. The van der Waals surface area contributed by atoms with Gasteiger partial charge in [0.25, 0.3) is 11.6 Å². The number of fused-ring (bicyclic) bond motifs is 1. The Hall–Kier alpha value is -3.75. The lowest BCUT2D eigenvalue weighted by atomic mass is 10.2. The number of nitro groups is 1. The maximum absolute atomic E-state index is 12.1. The molecular formula is C17H14N4O5. The number of hydrogen-bond donors (Lipinski definition) is 2. The number of benzene rings is 2. The number of H-pyrrole nitrogens is 1. The zero-order valence-electron chi connectivity index (χ0n) is 13.7. The number of rotatable bonds is 5. The molecule has 0 fully saturated rings. The number of esters is 1. The number of nitrogens with zero attached hydrogens (tertiary/aromatic N) is 2. The summed E-state index contributed by atoms with van der Waals surface area (Å²) in [5, 5.41) is 20.6. The van der Waals surface area contributed by atoms with Crippen LogP contribution >= 0.6 is 0 Å². The van der Waals surface area contributed by atoms with Crippen molar-refractivity contribution in [3.05, 3.63) is 63.8 Å². The number of carbonyl (C=O) groups is 2. The third kappa shape index (κ3) is 3.51. The van der Waals surface area contributed by atoms with E-state index in [9.17, 15) is 19.7 Å². The van der Waals surface area contributed by atoms with Crippen molar-refractivity contribution in [3.8, 4) is 0 Å². The fraction of sp³-hybridized carbons (Fsp3) is 0.118. The first-order chi connectivity index (χ1) is 12.5. The highest BCUT2D eigenvalue weighted by molar-refractivity contribution is 6.03. The van der Waals surface area contributed by atoms with Crippen LogP contribution in [-0.2, 0) is 9.53 Å². The van der Waals surface area contributed by atoms with Crippen LogP contribution in [0.5, 0.6) is 0 Å². The molecule has 0 bridgehead atoms. The molecule has 132 valence electrons. The molecule has 0 unspecified atom stereocenters. The van der Waals surface area contributed by atoms with Crippen molar-refractivity contribution in [2.24, 2.45) is 0 Å². The minimum absolute atomic E-state index is 0.0341. The molecule has 1 heterocycles. The summed E-state index contributed by atoms with van der Waals surface area (Å²) in [6.07, 6.45) is 0. The lowest BCUT2D eigenvalue weighted by Gasteiger charge is -2.07. The van der Waals surface area contributed by atoms with E-state index in [1.807, 2.05) is 0 Å². The van der Waals surface area contributed by atoms with Crippen molar-refractivity contribution < 1.29 is 19.2 Å². The number of aromatic amines is 1. The zero-order valence-corrected chi connectivity index (χ0v) is 13.7. The van der Waals surface area contributed by atoms with Crippen molar-refractivity contribution in [2.75, 3.05) is 11.9 Å². The Bertz CT molecular complexity index is 1010. The van der Waals surface area contributed by atoms with Gasteiger partial charge < -0.3 is 10.1 Å². The molecule has 3 aromatic rings. The molecule has 0 radical (unpaired) electrons. The molecule has 1 amide bonds. The molecule has 0 saturated heterocycles.